The standard InChI is InChI=1S/CHN.3Na.3H/c1-2;;;;;;/h1H;;;;;;. The quantitative estimate of drug-likeness (QED) is 0.328. The van der Waals surface area contributed by atoms with Crippen molar-refractivity contribution >= 4 is 88.7 Å². The van der Waals surface area contributed by atoms with E-state index in [9.17, 15) is 0 Å². The van der Waals surface area contributed by atoms with Crippen LogP contribution in [0.5, 0.6) is 0 Å². The molecule has 0 saturated carbocycles. The molecule has 0 rings (SSSR count). The van der Waals surface area contributed by atoms with Crippen LogP contribution in [-0.4, -0.2) is 88.7 Å². The molecule has 0 unspecified atom stereocenters. The van der Waals surface area contributed by atoms with E-state index in [0.29, 0.717) is 0 Å². The van der Waals surface area contributed by atoms with Crippen LogP contribution in [0.25, 0.3) is 0 Å². The molecular weight excluding hydrogens is 95.0 g/mol. The molecule has 0 aliphatic carbocycles. The van der Waals surface area contributed by atoms with Gasteiger partial charge in [-0.2, -0.15) is 0 Å². The molecule has 4 heteroatoms. The first kappa shape index (κ1) is 25.9. The van der Waals surface area contributed by atoms with Gasteiger partial charge in [-0.05, 0) is 0 Å². The van der Waals surface area contributed by atoms with Crippen molar-refractivity contribution in [3.05, 3.63) is 0 Å². The van der Waals surface area contributed by atoms with Crippen LogP contribution in [0, 0.1) is 11.8 Å². The van der Waals surface area contributed by atoms with Crippen molar-refractivity contribution in [2.45, 2.75) is 0 Å². The van der Waals surface area contributed by atoms with Crippen molar-refractivity contribution in [2.75, 3.05) is 0 Å². The summed E-state index contributed by atoms with van der Waals surface area (Å²) in [5, 5.41) is 6.50. The molecule has 0 bridgehead atoms. The molecule has 0 aromatic heterocycles. The normalized spacial score (nSPS) is 0.400. The zero-order valence-electron chi connectivity index (χ0n) is 1.02. The number of hydrogen-bond donors (Lipinski definition) is 0. The molecule has 5 heavy (non-hydrogen) atoms. The van der Waals surface area contributed by atoms with Crippen molar-refractivity contribution in [3.63, 3.8) is 0 Å². The van der Waals surface area contributed by atoms with Gasteiger partial charge in [-0.25, -0.2) is 5.26 Å². The summed E-state index contributed by atoms with van der Waals surface area (Å²) in [5.41, 5.74) is 0. The summed E-state index contributed by atoms with van der Waals surface area (Å²) < 4.78 is 0. The average Bonchev–Trinajstić information content (AvgIpc) is 1.00. The van der Waals surface area contributed by atoms with Gasteiger partial charge < -0.3 is 0 Å². The van der Waals surface area contributed by atoms with E-state index in [4.69, 9.17) is 5.26 Å². The van der Waals surface area contributed by atoms with Crippen molar-refractivity contribution in [1.82, 2.24) is 0 Å². The molecule has 0 spiro atoms. The van der Waals surface area contributed by atoms with Gasteiger partial charge in [0.15, 0.2) is 0 Å². The molecule has 0 aromatic carbocycles. The van der Waals surface area contributed by atoms with Crippen molar-refractivity contribution in [1.29, 1.82) is 5.26 Å². The zero-order valence-corrected chi connectivity index (χ0v) is 1.02. The molecule has 1 nitrogen and oxygen atoms in total. The van der Waals surface area contributed by atoms with Gasteiger partial charge in [0.05, 0.1) is 0 Å². The summed E-state index contributed by atoms with van der Waals surface area (Å²) in [7, 11) is 0. The first-order valence-corrected chi connectivity index (χ1v) is 0.258. The van der Waals surface area contributed by atoms with Crippen LogP contribution in [0.1, 0.15) is 0 Å². The monoisotopic (exact) mass is 99.0 g/mol. The van der Waals surface area contributed by atoms with E-state index in [0.717, 1.165) is 0 Å². The summed E-state index contributed by atoms with van der Waals surface area (Å²) in [6.07, 6.45) is 0. The minimum atomic E-state index is 0. The third-order valence-corrected chi connectivity index (χ3v) is 0. The third-order valence-electron chi connectivity index (χ3n) is 0. The van der Waals surface area contributed by atoms with Crippen molar-refractivity contribution in [3.8, 4) is 6.57 Å². The first-order valence-electron chi connectivity index (χ1n) is 0.258. The van der Waals surface area contributed by atoms with Gasteiger partial charge in [0.2, 0.25) is 0 Å². The zero-order chi connectivity index (χ0) is 2.00. The Labute approximate surface area is 98.4 Å². The van der Waals surface area contributed by atoms with Crippen LogP contribution in [-0.2, 0) is 0 Å². The number of nitrogens with zero attached hydrogens (tertiary/aromatic N) is 1. The predicted octanol–water partition coefficient (Wildman–Crippen LogP) is -1.81. The van der Waals surface area contributed by atoms with Gasteiger partial charge in [-0.1, -0.05) is 0 Å². The fraction of sp³-hybridized carbons (Fsp3) is 0. The van der Waals surface area contributed by atoms with E-state index in [-0.39, 0.29) is 88.7 Å². The molecule has 0 atom stereocenters. The molecule has 0 heterocycles. The van der Waals surface area contributed by atoms with Gasteiger partial charge in [0.1, 0.15) is 0 Å². The molecule has 0 fully saturated rings. The van der Waals surface area contributed by atoms with E-state index in [1.807, 2.05) is 0 Å². The summed E-state index contributed by atoms with van der Waals surface area (Å²) in [4.78, 5) is 0. The van der Waals surface area contributed by atoms with Gasteiger partial charge in [0, 0.05) is 6.57 Å². The Kier molecular flexibility index (Phi) is 163. The Morgan fingerprint density at radius 2 is 0.800 bits per heavy atom. The van der Waals surface area contributed by atoms with E-state index < -0.39 is 0 Å². The van der Waals surface area contributed by atoms with E-state index in [1.54, 1.807) is 0 Å². The SMILES string of the molecule is C#N.[NaH].[NaH].[NaH]. The first-order chi connectivity index (χ1) is 1.00. The predicted molar refractivity (Wildman–Crippen MR) is 28.1 cm³/mol. The average molecular weight is 99.0 g/mol. The van der Waals surface area contributed by atoms with Crippen molar-refractivity contribution < 1.29 is 0 Å². The van der Waals surface area contributed by atoms with Crippen LogP contribution in [0.4, 0.5) is 0 Å². The topological polar surface area (TPSA) is 23.8 Å². The molecule has 0 radical (unpaired) electrons. The summed E-state index contributed by atoms with van der Waals surface area (Å²) in [5.74, 6) is 0. The van der Waals surface area contributed by atoms with E-state index in [1.165, 1.54) is 0 Å². The molecule has 0 aliphatic rings. The number of nitriles is 1. The molecule has 0 N–H and O–H groups in total. The van der Waals surface area contributed by atoms with Crippen molar-refractivity contribution in [2.24, 2.45) is 0 Å². The maximum atomic E-state index is 6.50. The second kappa shape index (κ2) is 31.5. The van der Waals surface area contributed by atoms with Crippen LogP contribution in [0.15, 0.2) is 0 Å². The van der Waals surface area contributed by atoms with E-state index >= 15 is 0 Å². The van der Waals surface area contributed by atoms with Gasteiger partial charge >= 0.3 is 88.7 Å². The Hall–Kier alpha value is 2.49. The van der Waals surface area contributed by atoms with Gasteiger partial charge in [0.25, 0.3) is 0 Å². The molecular formula is CH4NNa3. The van der Waals surface area contributed by atoms with E-state index in [2.05, 4.69) is 6.57 Å². The Morgan fingerprint density at radius 3 is 0.800 bits per heavy atom. The molecule has 0 aromatic rings. The number of rotatable bonds is 0. The Balaban J connectivity index is -0.00000000167. The maximum absolute atomic E-state index is 6.50. The van der Waals surface area contributed by atoms with Gasteiger partial charge in [-0.15, -0.1) is 0 Å². The minimum absolute atomic E-state index is 0. The molecule has 0 saturated heterocycles. The Bertz CT molecular complexity index is 11.6. The van der Waals surface area contributed by atoms with Crippen LogP contribution >= 0.6 is 0 Å². The fourth-order valence-electron chi connectivity index (χ4n) is 0. The molecule has 16 valence electrons. The van der Waals surface area contributed by atoms with Crippen LogP contribution < -0.4 is 0 Å². The summed E-state index contributed by atoms with van der Waals surface area (Å²) >= 11 is 0. The molecule has 0 amide bonds. The Morgan fingerprint density at radius 1 is 0.800 bits per heavy atom. The third kappa shape index (κ3) is 21.1. The summed E-state index contributed by atoms with van der Waals surface area (Å²) in [6.45, 7) is 3.50. The second-order valence-electron chi connectivity index (χ2n) is 0. The fourth-order valence-corrected chi connectivity index (χ4v) is 0. The van der Waals surface area contributed by atoms with Gasteiger partial charge in [-0.3, -0.25) is 0 Å². The van der Waals surface area contributed by atoms with Crippen LogP contribution in [0.2, 0.25) is 0 Å². The second-order valence-corrected chi connectivity index (χ2v) is 0. The molecule has 0 aliphatic heterocycles. The summed E-state index contributed by atoms with van der Waals surface area (Å²) in [6, 6.07) is 0. The van der Waals surface area contributed by atoms with Crippen LogP contribution in [0.3, 0.4) is 0 Å². The number of hydrogen-bond acceptors (Lipinski definition) is 1.